The van der Waals surface area contributed by atoms with Gasteiger partial charge in [0.2, 0.25) is 0 Å². The minimum atomic E-state index is 0.926. The first-order chi connectivity index (χ1) is 6.36. The van der Waals surface area contributed by atoms with Crippen LogP contribution >= 0.6 is 0 Å². The molecule has 0 aromatic rings. The Bertz CT molecular complexity index is 163. The molecule has 0 aromatic heterocycles. The molecule has 1 heterocycles. The Labute approximate surface area is 82.5 Å². The minimum absolute atomic E-state index is 0.926. The topological polar surface area (TPSA) is 3.24 Å². The molecule has 2 aliphatic rings. The van der Waals surface area contributed by atoms with E-state index in [1.807, 2.05) is 0 Å². The van der Waals surface area contributed by atoms with Crippen molar-refractivity contribution in [1.82, 2.24) is 4.90 Å². The van der Waals surface area contributed by atoms with Crippen molar-refractivity contribution >= 4 is 0 Å². The Kier molecular flexibility index (Phi) is 2.92. The predicted molar refractivity (Wildman–Crippen MR) is 56.8 cm³/mol. The van der Waals surface area contributed by atoms with E-state index in [4.69, 9.17) is 0 Å². The van der Waals surface area contributed by atoms with E-state index in [2.05, 4.69) is 18.7 Å². The van der Waals surface area contributed by atoms with Gasteiger partial charge in [-0.05, 0) is 37.6 Å². The molecule has 1 heteroatoms. The van der Waals surface area contributed by atoms with Crippen molar-refractivity contribution < 1.29 is 0 Å². The fourth-order valence-electron chi connectivity index (χ4n) is 3.60. The van der Waals surface area contributed by atoms with Gasteiger partial charge in [0.05, 0.1) is 0 Å². The summed E-state index contributed by atoms with van der Waals surface area (Å²) in [7, 11) is 0. The fourth-order valence-corrected chi connectivity index (χ4v) is 3.60. The molecule has 76 valence electrons. The van der Waals surface area contributed by atoms with Crippen molar-refractivity contribution in [2.45, 2.75) is 52.0 Å². The van der Waals surface area contributed by atoms with Gasteiger partial charge in [-0.25, -0.2) is 0 Å². The van der Waals surface area contributed by atoms with Crippen LogP contribution in [0.2, 0.25) is 0 Å². The highest BCUT2D eigenvalue weighted by atomic mass is 15.2. The molecule has 2 unspecified atom stereocenters. The summed E-state index contributed by atoms with van der Waals surface area (Å²) in [5, 5.41) is 0. The van der Waals surface area contributed by atoms with Gasteiger partial charge in [-0.2, -0.15) is 0 Å². The molecular weight excluding hydrogens is 158 g/mol. The van der Waals surface area contributed by atoms with E-state index in [1.165, 1.54) is 45.2 Å². The van der Waals surface area contributed by atoms with Crippen molar-refractivity contribution in [3.63, 3.8) is 0 Å². The second-order valence-electron chi connectivity index (χ2n) is 4.77. The first-order valence-corrected chi connectivity index (χ1v) is 6.10. The Morgan fingerprint density at radius 2 is 1.92 bits per heavy atom. The van der Waals surface area contributed by atoms with Gasteiger partial charge in [-0.15, -0.1) is 0 Å². The van der Waals surface area contributed by atoms with E-state index >= 15 is 0 Å². The third kappa shape index (κ3) is 1.63. The van der Waals surface area contributed by atoms with Crippen LogP contribution in [-0.2, 0) is 0 Å². The molecule has 1 aliphatic carbocycles. The molecule has 2 fully saturated rings. The van der Waals surface area contributed by atoms with E-state index in [-0.39, 0.29) is 0 Å². The average Bonchev–Trinajstić information content (AvgIpc) is 2.55. The lowest BCUT2D eigenvalue weighted by Gasteiger charge is -2.29. The monoisotopic (exact) mass is 181 g/mol. The Morgan fingerprint density at radius 3 is 2.62 bits per heavy atom. The number of hydrogen-bond acceptors (Lipinski definition) is 1. The second-order valence-corrected chi connectivity index (χ2v) is 4.77. The quantitative estimate of drug-likeness (QED) is 0.633. The molecule has 1 saturated carbocycles. The highest BCUT2D eigenvalue weighted by molar-refractivity contribution is 4.93. The van der Waals surface area contributed by atoms with E-state index < -0.39 is 0 Å². The van der Waals surface area contributed by atoms with Gasteiger partial charge in [0.15, 0.2) is 0 Å². The SMILES string of the molecule is CC[C@@H]1C2CCCCC2CN1CC. The Hall–Kier alpha value is -0.0400. The zero-order valence-electron chi connectivity index (χ0n) is 9.13. The van der Waals surface area contributed by atoms with Crippen LogP contribution in [0.1, 0.15) is 46.0 Å². The van der Waals surface area contributed by atoms with E-state index in [0.29, 0.717) is 0 Å². The zero-order valence-corrected chi connectivity index (χ0v) is 9.13. The molecule has 0 spiro atoms. The van der Waals surface area contributed by atoms with Gasteiger partial charge < -0.3 is 4.90 Å². The average molecular weight is 181 g/mol. The maximum atomic E-state index is 2.72. The van der Waals surface area contributed by atoms with Crippen LogP contribution in [-0.4, -0.2) is 24.0 Å². The van der Waals surface area contributed by atoms with Crippen molar-refractivity contribution in [3.05, 3.63) is 0 Å². The van der Waals surface area contributed by atoms with Crippen LogP contribution < -0.4 is 0 Å². The van der Waals surface area contributed by atoms with Crippen LogP contribution in [0.4, 0.5) is 0 Å². The third-order valence-corrected chi connectivity index (χ3v) is 4.22. The van der Waals surface area contributed by atoms with Crippen LogP contribution in [0, 0.1) is 11.8 Å². The lowest BCUT2D eigenvalue weighted by atomic mass is 9.78. The third-order valence-electron chi connectivity index (χ3n) is 4.22. The van der Waals surface area contributed by atoms with Crippen LogP contribution in [0.25, 0.3) is 0 Å². The highest BCUT2D eigenvalue weighted by Gasteiger charge is 2.40. The summed E-state index contributed by atoms with van der Waals surface area (Å²) in [6, 6.07) is 0.926. The molecule has 0 aromatic carbocycles. The summed E-state index contributed by atoms with van der Waals surface area (Å²) in [6.07, 6.45) is 7.39. The van der Waals surface area contributed by atoms with Gasteiger partial charge in [0.25, 0.3) is 0 Å². The molecule has 0 N–H and O–H groups in total. The van der Waals surface area contributed by atoms with Gasteiger partial charge in [0.1, 0.15) is 0 Å². The second kappa shape index (κ2) is 4.00. The van der Waals surface area contributed by atoms with Crippen molar-refractivity contribution in [2.75, 3.05) is 13.1 Å². The maximum Gasteiger partial charge on any atom is 0.0124 e. The normalized spacial score (nSPS) is 40.6. The molecule has 1 aliphatic heterocycles. The molecule has 1 nitrogen and oxygen atoms in total. The summed E-state index contributed by atoms with van der Waals surface area (Å²) in [6.45, 7) is 7.36. The van der Waals surface area contributed by atoms with Gasteiger partial charge in [-0.1, -0.05) is 26.7 Å². The first kappa shape index (κ1) is 9.51. The van der Waals surface area contributed by atoms with E-state index in [1.54, 1.807) is 0 Å². The van der Waals surface area contributed by atoms with Crippen molar-refractivity contribution in [1.29, 1.82) is 0 Å². The standard InChI is InChI=1S/C12H23N/c1-3-12-11-8-6-5-7-10(11)9-13(12)4-2/h10-12H,3-9H2,1-2H3/t10?,11?,12-/m1/s1. The van der Waals surface area contributed by atoms with Crippen LogP contribution in [0.15, 0.2) is 0 Å². The van der Waals surface area contributed by atoms with Crippen molar-refractivity contribution in [2.24, 2.45) is 11.8 Å². The number of fused-ring (bicyclic) bond motifs is 1. The van der Waals surface area contributed by atoms with E-state index in [9.17, 15) is 0 Å². The van der Waals surface area contributed by atoms with Gasteiger partial charge in [-0.3, -0.25) is 0 Å². The Morgan fingerprint density at radius 1 is 1.15 bits per heavy atom. The molecular formula is C12H23N. The largest absolute Gasteiger partial charge is 0.300 e. The Balaban J connectivity index is 2.05. The number of likely N-dealkylation sites (tertiary alicyclic amines) is 1. The minimum Gasteiger partial charge on any atom is -0.300 e. The summed E-state index contributed by atoms with van der Waals surface area (Å²) < 4.78 is 0. The summed E-state index contributed by atoms with van der Waals surface area (Å²) in [5.74, 6) is 2.11. The molecule has 3 atom stereocenters. The summed E-state index contributed by atoms with van der Waals surface area (Å²) >= 11 is 0. The summed E-state index contributed by atoms with van der Waals surface area (Å²) in [4.78, 5) is 2.72. The van der Waals surface area contributed by atoms with Gasteiger partial charge in [0, 0.05) is 12.6 Å². The lowest BCUT2D eigenvalue weighted by molar-refractivity contribution is 0.212. The molecule has 0 bridgehead atoms. The smallest absolute Gasteiger partial charge is 0.0124 e. The fraction of sp³-hybridized carbons (Fsp3) is 1.00. The molecule has 1 saturated heterocycles. The number of rotatable bonds is 2. The van der Waals surface area contributed by atoms with Crippen LogP contribution in [0.5, 0.6) is 0 Å². The maximum absolute atomic E-state index is 2.72. The molecule has 2 rings (SSSR count). The van der Waals surface area contributed by atoms with Gasteiger partial charge >= 0.3 is 0 Å². The summed E-state index contributed by atoms with van der Waals surface area (Å²) in [5.41, 5.74) is 0. The highest BCUT2D eigenvalue weighted by Crippen LogP contribution is 2.41. The number of nitrogens with zero attached hydrogens (tertiary/aromatic N) is 1. The van der Waals surface area contributed by atoms with E-state index in [0.717, 1.165) is 17.9 Å². The first-order valence-electron chi connectivity index (χ1n) is 6.10. The molecule has 0 radical (unpaired) electrons. The van der Waals surface area contributed by atoms with Crippen LogP contribution in [0.3, 0.4) is 0 Å². The zero-order chi connectivity index (χ0) is 9.26. The molecule has 13 heavy (non-hydrogen) atoms. The van der Waals surface area contributed by atoms with Crippen molar-refractivity contribution in [3.8, 4) is 0 Å². The number of hydrogen-bond donors (Lipinski definition) is 0. The lowest BCUT2D eigenvalue weighted by Crippen LogP contribution is -2.32. The molecule has 0 amide bonds. The predicted octanol–water partition coefficient (Wildman–Crippen LogP) is 2.91.